The first-order valence-corrected chi connectivity index (χ1v) is 5.18. The topological polar surface area (TPSA) is 23.8 Å². The number of nitriles is 1. The van der Waals surface area contributed by atoms with Gasteiger partial charge in [0.25, 0.3) is 0 Å². The highest BCUT2D eigenvalue weighted by Crippen LogP contribution is 2.29. The second-order valence-electron chi connectivity index (χ2n) is 3.91. The molecule has 0 amide bonds. The Morgan fingerprint density at radius 3 is 2.11 bits per heavy atom. The van der Waals surface area contributed by atoms with Crippen LogP contribution in [0, 0.1) is 35.7 Å². The number of rotatable bonds is 1. The number of hydrogen-bond donors (Lipinski definition) is 0. The molecule has 0 N–H and O–H groups in total. The van der Waals surface area contributed by atoms with Crippen LogP contribution in [-0.2, 0) is 0 Å². The van der Waals surface area contributed by atoms with E-state index in [0.717, 1.165) is 18.2 Å². The molecule has 0 aliphatic carbocycles. The van der Waals surface area contributed by atoms with Crippen LogP contribution in [0.25, 0.3) is 11.1 Å². The third-order valence-corrected chi connectivity index (χ3v) is 2.56. The van der Waals surface area contributed by atoms with Crippen molar-refractivity contribution in [3.63, 3.8) is 0 Å². The zero-order chi connectivity index (χ0) is 13.3. The molecule has 18 heavy (non-hydrogen) atoms. The Hall–Kier alpha value is -2.28. The summed E-state index contributed by atoms with van der Waals surface area (Å²) in [6, 6.07) is 7.45. The van der Waals surface area contributed by atoms with Crippen LogP contribution in [-0.4, -0.2) is 0 Å². The van der Waals surface area contributed by atoms with Crippen molar-refractivity contribution in [3.8, 4) is 17.2 Å². The van der Waals surface area contributed by atoms with E-state index in [1.54, 1.807) is 13.0 Å². The van der Waals surface area contributed by atoms with E-state index in [2.05, 4.69) is 0 Å². The first kappa shape index (κ1) is 12.2. The molecular weight excluding hydrogens is 239 g/mol. The second-order valence-corrected chi connectivity index (χ2v) is 3.91. The standard InChI is InChI=1S/C14H8F3N/c1-8-2-3-11(15)10(4-8)14-12(16)5-9(7-18)6-13(14)17/h2-6H,1H3. The monoisotopic (exact) mass is 247 g/mol. The molecule has 0 fully saturated rings. The summed E-state index contributed by atoms with van der Waals surface area (Å²) in [5.41, 5.74) is -0.0407. The molecule has 2 aromatic carbocycles. The lowest BCUT2D eigenvalue weighted by molar-refractivity contribution is 0.581. The Kier molecular flexibility index (Phi) is 3.07. The van der Waals surface area contributed by atoms with Crippen molar-refractivity contribution >= 4 is 0 Å². The Morgan fingerprint density at radius 2 is 1.56 bits per heavy atom. The molecule has 90 valence electrons. The van der Waals surface area contributed by atoms with Crippen molar-refractivity contribution in [1.82, 2.24) is 0 Å². The van der Waals surface area contributed by atoms with Crippen LogP contribution >= 0.6 is 0 Å². The minimum absolute atomic E-state index is 0.137. The SMILES string of the molecule is Cc1ccc(F)c(-c2c(F)cc(C#N)cc2F)c1. The van der Waals surface area contributed by atoms with Gasteiger partial charge in [-0.2, -0.15) is 5.26 Å². The van der Waals surface area contributed by atoms with Crippen molar-refractivity contribution in [3.05, 3.63) is 58.9 Å². The van der Waals surface area contributed by atoms with Crippen LogP contribution in [0.4, 0.5) is 13.2 Å². The van der Waals surface area contributed by atoms with Crippen molar-refractivity contribution < 1.29 is 13.2 Å². The van der Waals surface area contributed by atoms with E-state index in [4.69, 9.17) is 5.26 Å². The quantitative estimate of drug-likeness (QED) is 0.748. The van der Waals surface area contributed by atoms with Crippen molar-refractivity contribution in [2.45, 2.75) is 6.92 Å². The number of nitrogens with zero attached hydrogens (tertiary/aromatic N) is 1. The predicted molar refractivity (Wildman–Crippen MR) is 61.2 cm³/mol. The third-order valence-electron chi connectivity index (χ3n) is 2.56. The Balaban J connectivity index is 2.72. The van der Waals surface area contributed by atoms with Crippen LogP contribution in [0.3, 0.4) is 0 Å². The van der Waals surface area contributed by atoms with Gasteiger partial charge in [-0.1, -0.05) is 11.6 Å². The minimum Gasteiger partial charge on any atom is -0.206 e. The Bertz CT molecular complexity index is 634. The number of hydrogen-bond acceptors (Lipinski definition) is 1. The molecule has 0 aliphatic heterocycles. The summed E-state index contributed by atoms with van der Waals surface area (Å²) >= 11 is 0. The number of aryl methyl sites for hydroxylation is 1. The molecule has 0 aliphatic rings. The molecule has 0 spiro atoms. The van der Waals surface area contributed by atoms with Crippen molar-refractivity contribution in [2.75, 3.05) is 0 Å². The molecule has 0 heterocycles. The maximum absolute atomic E-state index is 13.7. The van der Waals surface area contributed by atoms with E-state index in [-0.39, 0.29) is 11.1 Å². The highest BCUT2D eigenvalue weighted by molar-refractivity contribution is 5.67. The van der Waals surface area contributed by atoms with E-state index in [1.165, 1.54) is 12.1 Å². The fourth-order valence-corrected chi connectivity index (χ4v) is 1.73. The van der Waals surface area contributed by atoms with Crippen LogP contribution in [0.1, 0.15) is 11.1 Å². The summed E-state index contributed by atoms with van der Waals surface area (Å²) in [7, 11) is 0. The third kappa shape index (κ3) is 2.07. The molecule has 0 radical (unpaired) electrons. The average molecular weight is 247 g/mol. The molecule has 0 saturated carbocycles. The molecule has 0 unspecified atom stereocenters. The normalized spacial score (nSPS) is 10.2. The molecule has 2 rings (SSSR count). The van der Waals surface area contributed by atoms with Gasteiger partial charge in [0, 0.05) is 5.56 Å². The van der Waals surface area contributed by atoms with E-state index in [9.17, 15) is 13.2 Å². The average Bonchev–Trinajstić information content (AvgIpc) is 2.32. The molecule has 2 aromatic rings. The Labute approximate surface area is 102 Å². The summed E-state index contributed by atoms with van der Waals surface area (Å²) in [4.78, 5) is 0. The lowest BCUT2D eigenvalue weighted by atomic mass is 10.0. The molecule has 0 bridgehead atoms. The van der Waals surface area contributed by atoms with Crippen molar-refractivity contribution in [2.24, 2.45) is 0 Å². The van der Waals surface area contributed by atoms with Crippen LogP contribution in [0.5, 0.6) is 0 Å². The van der Waals surface area contributed by atoms with E-state index in [1.807, 2.05) is 0 Å². The number of halogens is 3. The summed E-state index contributed by atoms with van der Waals surface area (Å²) in [6.45, 7) is 1.70. The van der Waals surface area contributed by atoms with E-state index in [0.29, 0.717) is 5.56 Å². The fraction of sp³-hybridized carbons (Fsp3) is 0.0714. The summed E-state index contributed by atoms with van der Waals surface area (Å²) < 4.78 is 41.1. The van der Waals surface area contributed by atoms with Gasteiger partial charge in [-0.25, -0.2) is 13.2 Å². The van der Waals surface area contributed by atoms with Gasteiger partial charge < -0.3 is 0 Å². The van der Waals surface area contributed by atoms with Gasteiger partial charge in [-0.15, -0.1) is 0 Å². The van der Waals surface area contributed by atoms with Gasteiger partial charge in [0.15, 0.2) is 0 Å². The van der Waals surface area contributed by atoms with Gasteiger partial charge in [-0.05, 0) is 31.2 Å². The molecule has 0 aromatic heterocycles. The molecule has 0 saturated heterocycles. The van der Waals surface area contributed by atoms with Gasteiger partial charge in [0.05, 0.1) is 17.2 Å². The highest BCUT2D eigenvalue weighted by Gasteiger charge is 2.16. The smallest absolute Gasteiger partial charge is 0.135 e. The lowest BCUT2D eigenvalue weighted by Crippen LogP contribution is -1.95. The van der Waals surface area contributed by atoms with Gasteiger partial charge in [-0.3, -0.25) is 0 Å². The van der Waals surface area contributed by atoms with Crippen LogP contribution in [0.15, 0.2) is 30.3 Å². The van der Waals surface area contributed by atoms with Crippen LogP contribution < -0.4 is 0 Å². The van der Waals surface area contributed by atoms with Crippen LogP contribution in [0.2, 0.25) is 0 Å². The molecule has 1 nitrogen and oxygen atoms in total. The molecular formula is C14H8F3N. The zero-order valence-corrected chi connectivity index (χ0v) is 9.47. The zero-order valence-electron chi connectivity index (χ0n) is 9.47. The lowest BCUT2D eigenvalue weighted by Gasteiger charge is -2.08. The first-order chi connectivity index (χ1) is 8.52. The van der Waals surface area contributed by atoms with Gasteiger partial charge in [0.2, 0.25) is 0 Å². The summed E-state index contributed by atoms with van der Waals surface area (Å²) in [6.07, 6.45) is 0. The fourth-order valence-electron chi connectivity index (χ4n) is 1.73. The van der Waals surface area contributed by atoms with Gasteiger partial charge in [0.1, 0.15) is 17.5 Å². The van der Waals surface area contributed by atoms with E-state index < -0.39 is 23.0 Å². The second kappa shape index (κ2) is 4.53. The minimum atomic E-state index is -0.948. The Morgan fingerprint density at radius 1 is 0.944 bits per heavy atom. The largest absolute Gasteiger partial charge is 0.206 e. The number of benzene rings is 2. The first-order valence-electron chi connectivity index (χ1n) is 5.18. The summed E-state index contributed by atoms with van der Waals surface area (Å²) in [5, 5.41) is 8.59. The van der Waals surface area contributed by atoms with Gasteiger partial charge >= 0.3 is 0 Å². The van der Waals surface area contributed by atoms with E-state index >= 15 is 0 Å². The molecule has 4 heteroatoms. The predicted octanol–water partition coefficient (Wildman–Crippen LogP) is 3.95. The maximum Gasteiger partial charge on any atom is 0.135 e. The van der Waals surface area contributed by atoms with Crippen molar-refractivity contribution in [1.29, 1.82) is 5.26 Å². The highest BCUT2D eigenvalue weighted by atomic mass is 19.1. The summed E-state index contributed by atoms with van der Waals surface area (Å²) in [5.74, 6) is -2.60. The maximum atomic E-state index is 13.7. The molecule has 0 atom stereocenters.